The SMILES string of the molecule is COc1cc(C2Oc3cc([C@H]4Oc5cc(O)cc(O)c5C(=O)[C@@H]4O)ccc3OC2COC(=O)CCSC)ccc1O. The summed E-state index contributed by atoms with van der Waals surface area (Å²) >= 11 is 1.53. The molecular formula is C29H28O11S. The molecule has 3 aromatic carbocycles. The van der Waals surface area contributed by atoms with E-state index < -0.39 is 35.9 Å². The van der Waals surface area contributed by atoms with E-state index in [1.807, 2.05) is 6.26 Å². The van der Waals surface area contributed by atoms with Gasteiger partial charge in [0.1, 0.15) is 29.4 Å². The highest BCUT2D eigenvalue weighted by molar-refractivity contribution is 7.98. The number of thioether (sulfide) groups is 1. The zero-order valence-corrected chi connectivity index (χ0v) is 22.9. The average molecular weight is 585 g/mol. The third-order valence-corrected chi connectivity index (χ3v) is 7.35. The van der Waals surface area contributed by atoms with Gasteiger partial charge in [0.15, 0.2) is 47.4 Å². The second kappa shape index (κ2) is 11.7. The number of aliphatic hydroxyl groups is 1. The Morgan fingerprint density at radius 1 is 0.902 bits per heavy atom. The summed E-state index contributed by atoms with van der Waals surface area (Å²) < 4.78 is 29.1. The monoisotopic (exact) mass is 584 g/mol. The smallest absolute Gasteiger partial charge is 0.306 e. The van der Waals surface area contributed by atoms with Crippen LogP contribution in [0.1, 0.15) is 40.1 Å². The highest BCUT2D eigenvalue weighted by Gasteiger charge is 2.41. The summed E-state index contributed by atoms with van der Waals surface area (Å²) in [7, 11) is 1.41. The molecule has 0 amide bonds. The highest BCUT2D eigenvalue weighted by atomic mass is 32.2. The Morgan fingerprint density at radius 3 is 2.39 bits per heavy atom. The van der Waals surface area contributed by atoms with Gasteiger partial charge in [-0.1, -0.05) is 12.1 Å². The zero-order valence-electron chi connectivity index (χ0n) is 22.1. The molecule has 41 heavy (non-hydrogen) atoms. The van der Waals surface area contributed by atoms with Gasteiger partial charge in [-0.05, 0) is 36.1 Å². The molecule has 0 aromatic heterocycles. The number of aromatic hydroxyl groups is 3. The van der Waals surface area contributed by atoms with E-state index in [1.54, 1.807) is 30.3 Å². The van der Waals surface area contributed by atoms with Crippen LogP contribution in [0.25, 0.3) is 0 Å². The fourth-order valence-corrected chi connectivity index (χ4v) is 5.07. The Bertz CT molecular complexity index is 1470. The van der Waals surface area contributed by atoms with Crippen LogP contribution in [-0.4, -0.2) is 70.1 Å². The van der Waals surface area contributed by atoms with Crippen molar-refractivity contribution in [3.8, 4) is 40.2 Å². The third kappa shape index (κ3) is 5.66. The van der Waals surface area contributed by atoms with E-state index in [2.05, 4.69) is 0 Å². The molecule has 0 spiro atoms. The molecule has 2 aliphatic rings. The first-order chi connectivity index (χ1) is 19.7. The van der Waals surface area contributed by atoms with Crippen LogP contribution in [0, 0.1) is 0 Å². The predicted molar refractivity (Wildman–Crippen MR) is 146 cm³/mol. The largest absolute Gasteiger partial charge is 0.508 e. The number of esters is 1. The normalized spacial score (nSPS) is 21.0. The lowest BCUT2D eigenvalue weighted by Crippen LogP contribution is -2.38. The molecule has 2 heterocycles. The van der Waals surface area contributed by atoms with E-state index in [4.69, 9.17) is 23.7 Å². The second-order valence-electron chi connectivity index (χ2n) is 9.44. The number of hydrogen-bond donors (Lipinski definition) is 4. The number of aliphatic hydroxyl groups excluding tert-OH is 1. The van der Waals surface area contributed by atoms with Gasteiger partial charge in [-0.25, -0.2) is 0 Å². The molecule has 12 heteroatoms. The van der Waals surface area contributed by atoms with E-state index in [0.717, 1.165) is 6.07 Å². The Balaban J connectivity index is 1.46. The summed E-state index contributed by atoms with van der Waals surface area (Å²) in [5, 5.41) is 40.8. The van der Waals surface area contributed by atoms with Crippen molar-refractivity contribution in [3.05, 3.63) is 65.2 Å². The van der Waals surface area contributed by atoms with Gasteiger partial charge in [-0.15, -0.1) is 0 Å². The van der Waals surface area contributed by atoms with Crippen LogP contribution in [0.3, 0.4) is 0 Å². The van der Waals surface area contributed by atoms with Crippen molar-refractivity contribution < 1.29 is 53.7 Å². The van der Waals surface area contributed by atoms with Gasteiger partial charge in [0.2, 0.25) is 5.78 Å². The van der Waals surface area contributed by atoms with Gasteiger partial charge in [-0.2, -0.15) is 11.8 Å². The van der Waals surface area contributed by atoms with Crippen molar-refractivity contribution in [1.29, 1.82) is 0 Å². The molecule has 0 radical (unpaired) electrons. The lowest BCUT2D eigenvalue weighted by atomic mass is 9.92. The molecule has 4 atom stereocenters. The molecule has 3 aromatic rings. The van der Waals surface area contributed by atoms with Gasteiger partial charge < -0.3 is 44.1 Å². The molecule has 0 fully saturated rings. The summed E-state index contributed by atoms with van der Waals surface area (Å²) in [5.74, 6) is -0.675. The minimum atomic E-state index is -1.65. The predicted octanol–water partition coefficient (Wildman–Crippen LogP) is 3.67. The first kappa shape index (κ1) is 28.2. The third-order valence-electron chi connectivity index (χ3n) is 6.74. The van der Waals surface area contributed by atoms with Crippen molar-refractivity contribution in [1.82, 2.24) is 0 Å². The van der Waals surface area contributed by atoms with Gasteiger partial charge in [0, 0.05) is 23.4 Å². The fraction of sp³-hybridized carbons (Fsp3) is 0.310. The van der Waals surface area contributed by atoms with Gasteiger partial charge in [-0.3, -0.25) is 9.59 Å². The number of phenolic OH excluding ortho intramolecular Hbond substituents is 3. The van der Waals surface area contributed by atoms with E-state index in [0.29, 0.717) is 22.6 Å². The number of carbonyl (C=O) groups excluding carboxylic acids is 2. The van der Waals surface area contributed by atoms with Crippen LogP contribution in [0.15, 0.2) is 48.5 Å². The summed E-state index contributed by atoms with van der Waals surface area (Å²) in [6, 6.07) is 11.6. The number of ether oxygens (including phenoxy) is 5. The lowest BCUT2D eigenvalue weighted by Gasteiger charge is -2.35. The Morgan fingerprint density at radius 2 is 1.63 bits per heavy atom. The molecule has 5 rings (SSSR count). The number of ketones is 1. The Hall–Kier alpha value is -4.29. The maximum absolute atomic E-state index is 12.9. The van der Waals surface area contributed by atoms with E-state index in [9.17, 15) is 30.0 Å². The fourth-order valence-electron chi connectivity index (χ4n) is 4.70. The second-order valence-corrected chi connectivity index (χ2v) is 10.4. The maximum Gasteiger partial charge on any atom is 0.306 e. The van der Waals surface area contributed by atoms with Crippen LogP contribution in [0.4, 0.5) is 0 Å². The molecule has 11 nitrogen and oxygen atoms in total. The average Bonchev–Trinajstić information content (AvgIpc) is 2.96. The molecule has 0 aliphatic carbocycles. The number of Topliss-reactive ketones (excluding diaryl/α,β-unsaturated/α-hetero) is 1. The first-order valence-corrected chi connectivity index (χ1v) is 14.0. The molecule has 4 N–H and O–H groups in total. The maximum atomic E-state index is 12.9. The van der Waals surface area contributed by atoms with E-state index in [-0.39, 0.29) is 53.3 Å². The van der Waals surface area contributed by atoms with Gasteiger partial charge in [0.25, 0.3) is 0 Å². The van der Waals surface area contributed by atoms with Crippen LogP contribution in [-0.2, 0) is 9.53 Å². The number of phenols is 3. The summed E-state index contributed by atoms with van der Waals surface area (Å²) in [6.45, 7) is -0.106. The number of rotatable bonds is 8. The highest BCUT2D eigenvalue weighted by Crippen LogP contribution is 2.46. The van der Waals surface area contributed by atoms with E-state index in [1.165, 1.54) is 31.0 Å². The Kier molecular flexibility index (Phi) is 8.04. The number of benzene rings is 3. The van der Waals surface area contributed by atoms with Crippen LogP contribution >= 0.6 is 11.8 Å². The van der Waals surface area contributed by atoms with Crippen molar-refractivity contribution in [2.45, 2.75) is 30.8 Å². The standard InChI is InChI=1S/C29H28O11S/c1-36-20-9-14(3-5-17(20)31)28-23(13-37-24(33)7-8-41-2)38-19-6-4-15(10-21(19)39-28)29-27(35)26(34)25-18(32)11-16(30)12-22(25)40-29/h3-6,9-12,23,27-32,35H,7-8,13H2,1-2H3/t23?,27-,28?,29+/m0/s1. The summed E-state index contributed by atoms with van der Waals surface area (Å²) in [4.78, 5) is 25.1. The summed E-state index contributed by atoms with van der Waals surface area (Å²) in [5.41, 5.74) is 0.718. The molecule has 2 unspecified atom stereocenters. The van der Waals surface area contributed by atoms with Crippen molar-refractivity contribution in [3.63, 3.8) is 0 Å². The molecule has 0 saturated carbocycles. The Labute approximate surface area is 239 Å². The van der Waals surface area contributed by atoms with Crippen LogP contribution in [0.5, 0.6) is 40.2 Å². The molecular weight excluding hydrogens is 556 g/mol. The van der Waals surface area contributed by atoms with Crippen LogP contribution < -0.4 is 18.9 Å². The zero-order chi connectivity index (χ0) is 29.3. The van der Waals surface area contributed by atoms with Crippen molar-refractivity contribution in [2.75, 3.05) is 25.7 Å². The minimum Gasteiger partial charge on any atom is -0.508 e. The molecule has 0 bridgehead atoms. The first-order valence-electron chi connectivity index (χ1n) is 12.6. The topological polar surface area (TPSA) is 161 Å². The minimum absolute atomic E-state index is 0.0684. The molecule has 0 saturated heterocycles. The van der Waals surface area contributed by atoms with Crippen molar-refractivity contribution in [2.24, 2.45) is 0 Å². The van der Waals surface area contributed by atoms with Gasteiger partial charge in [0.05, 0.1) is 13.5 Å². The van der Waals surface area contributed by atoms with Crippen molar-refractivity contribution >= 4 is 23.5 Å². The number of hydrogen-bond acceptors (Lipinski definition) is 12. The molecule has 2 aliphatic heterocycles. The van der Waals surface area contributed by atoms with Crippen LogP contribution in [0.2, 0.25) is 0 Å². The van der Waals surface area contributed by atoms with Gasteiger partial charge >= 0.3 is 5.97 Å². The number of carbonyl (C=O) groups is 2. The summed E-state index contributed by atoms with van der Waals surface area (Å²) in [6.07, 6.45) is -2.23. The lowest BCUT2D eigenvalue weighted by molar-refractivity contribution is -0.148. The van der Waals surface area contributed by atoms with E-state index >= 15 is 0 Å². The molecule has 216 valence electrons. The quantitative estimate of drug-likeness (QED) is 0.285. The number of fused-ring (bicyclic) bond motifs is 2. The number of methoxy groups -OCH3 is 1.